The number of benzene rings is 1. The highest BCUT2D eigenvalue weighted by Crippen LogP contribution is 2.36. The number of rotatable bonds is 2. The van der Waals surface area contributed by atoms with E-state index in [1.54, 1.807) is 0 Å². The standard InChI is InChI=1S/C9H4Cl3F3O/c10-6-1-4(9(13,14)15)2-7(11)5(6)3-8(12)16/h1-2H,3H2. The van der Waals surface area contributed by atoms with Crippen molar-refractivity contribution in [2.75, 3.05) is 0 Å². The third-order valence-corrected chi connectivity index (χ3v) is 2.59. The SMILES string of the molecule is O=C(Cl)Cc1c(Cl)cc(C(F)(F)F)cc1Cl. The summed E-state index contributed by atoms with van der Waals surface area (Å²) in [5.74, 6) is 0. The molecule has 0 aliphatic carbocycles. The summed E-state index contributed by atoms with van der Waals surface area (Å²) in [5, 5.41) is -1.20. The quantitative estimate of drug-likeness (QED) is 0.742. The molecule has 0 amide bonds. The number of hydrogen-bond acceptors (Lipinski definition) is 1. The van der Waals surface area contributed by atoms with E-state index in [4.69, 9.17) is 34.8 Å². The van der Waals surface area contributed by atoms with Gasteiger partial charge in [-0.1, -0.05) is 23.2 Å². The van der Waals surface area contributed by atoms with Crippen LogP contribution in [0.25, 0.3) is 0 Å². The predicted molar refractivity (Wildman–Crippen MR) is 56.0 cm³/mol. The van der Waals surface area contributed by atoms with Crippen LogP contribution in [0.15, 0.2) is 12.1 Å². The van der Waals surface area contributed by atoms with Crippen LogP contribution in [-0.2, 0) is 17.4 Å². The lowest BCUT2D eigenvalue weighted by Gasteiger charge is -2.10. The van der Waals surface area contributed by atoms with Crippen LogP contribution in [0.2, 0.25) is 10.0 Å². The molecule has 1 aromatic carbocycles. The Bertz CT molecular complexity index is 405. The van der Waals surface area contributed by atoms with Gasteiger partial charge in [-0.2, -0.15) is 13.2 Å². The Morgan fingerprint density at radius 3 is 1.94 bits per heavy atom. The van der Waals surface area contributed by atoms with Crippen molar-refractivity contribution in [2.45, 2.75) is 12.6 Å². The molecule has 0 N–H and O–H groups in total. The second-order valence-electron chi connectivity index (χ2n) is 2.95. The summed E-state index contributed by atoms with van der Waals surface area (Å²) in [6.45, 7) is 0. The van der Waals surface area contributed by atoms with Gasteiger partial charge >= 0.3 is 6.18 Å². The van der Waals surface area contributed by atoms with E-state index in [0.717, 1.165) is 0 Å². The molecular formula is C9H4Cl3F3O. The second kappa shape index (κ2) is 4.82. The molecule has 1 rings (SSSR count). The molecule has 16 heavy (non-hydrogen) atoms. The topological polar surface area (TPSA) is 17.1 Å². The van der Waals surface area contributed by atoms with Crippen molar-refractivity contribution in [1.29, 1.82) is 0 Å². The number of halogens is 6. The van der Waals surface area contributed by atoms with Crippen LogP contribution < -0.4 is 0 Å². The highest BCUT2D eigenvalue weighted by atomic mass is 35.5. The normalized spacial score (nSPS) is 11.6. The smallest absolute Gasteiger partial charge is 0.281 e. The van der Waals surface area contributed by atoms with Crippen molar-refractivity contribution in [3.05, 3.63) is 33.3 Å². The fraction of sp³-hybridized carbons (Fsp3) is 0.222. The highest BCUT2D eigenvalue weighted by Gasteiger charge is 2.32. The summed E-state index contributed by atoms with van der Waals surface area (Å²) >= 11 is 16.3. The maximum atomic E-state index is 12.3. The minimum absolute atomic E-state index is 0.0938. The fourth-order valence-electron chi connectivity index (χ4n) is 1.07. The first kappa shape index (κ1) is 13.6. The molecule has 0 radical (unpaired) electrons. The van der Waals surface area contributed by atoms with Crippen molar-refractivity contribution in [3.63, 3.8) is 0 Å². The van der Waals surface area contributed by atoms with Crippen molar-refractivity contribution in [1.82, 2.24) is 0 Å². The molecular weight excluding hydrogens is 287 g/mol. The van der Waals surface area contributed by atoms with Gasteiger partial charge in [-0.15, -0.1) is 0 Å². The molecule has 0 bridgehead atoms. The summed E-state index contributed by atoms with van der Waals surface area (Å²) in [6.07, 6.45) is -4.84. The van der Waals surface area contributed by atoms with E-state index in [1.165, 1.54) is 0 Å². The van der Waals surface area contributed by atoms with E-state index in [-0.39, 0.29) is 22.0 Å². The molecule has 88 valence electrons. The van der Waals surface area contributed by atoms with E-state index >= 15 is 0 Å². The molecule has 0 spiro atoms. The van der Waals surface area contributed by atoms with Gasteiger partial charge in [-0.05, 0) is 29.3 Å². The molecule has 1 nitrogen and oxygen atoms in total. The van der Waals surface area contributed by atoms with E-state index in [1.807, 2.05) is 0 Å². The average molecular weight is 291 g/mol. The van der Waals surface area contributed by atoms with Gasteiger partial charge in [0.05, 0.1) is 5.56 Å². The molecule has 0 unspecified atom stereocenters. The molecule has 0 fully saturated rings. The molecule has 0 aromatic heterocycles. The van der Waals surface area contributed by atoms with Crippen molar-refractivity contribution >= 4 is 40.0 Å². The third-order valence-electron chi connectivity index (χ3n) is 1.78. The number of hydrogen-bond donors (Lipinski definition) is 0. The third kappa shape index (κ3) is 3.27. The summed E-state index contributed by atoms with van der Waals surface area (Å²) in [4.78, 5) is 10.6. The average Bonchev–Trinajstić information content (AvgIpc) is 2.09. The zero-order valence-corrected chi connectivity index (χ0v) is 9.81. The molecule has 0 aliphatic rings. The lowest BCUT2D eigenvalue weighted by molar-refractivity contribution is -0.137. The first-order valence-electron chi connectivity index (χ1n) is 3.95. The van der Waals surface area contributed by atoms with Crippen LogP contribution in [-0.4, -0.2) is 5.24 Å². The van der Waals surface area contributed by atoms with Crippen LogP contribution in [0.1, 0.15) is 11.1 Å². The van der Waals surface area contributed by atoms with Gasteiger partial charge in [-0.3, -0.25) is 4.79 Å². The lowest BCUT2D eigenvalue weighted by atomic mass is 10.1. The minimum atomic E-state index is -4.53. The molecule has 1 aromatic rings. The van der Waals surface area contributed by atoms with Crippen molar-refractivity contribution in [3.8, 4) is 0 Å². The maximum Gasteiger partial charge on any atom is 0.416 e. The summed E-state index contributed by atoms with van der Waals surface area (Å²) < 4.78 is 37.0. The van der Waals surface area contributed by atoms with Crippen LogP contribution >= 0.6 is 34.8 Å². The molecule has 0 saturated carbocycles. The number of carbonyl (C=O) groups is 1. The van der Waals surface area contributed by atoms with E-state index in [9.17, 15) is 18.0 Å². The van der Waals surface area contributed by atoms with Crippen LogP contribution in [0.5, 0.6) is 0 Å². The molecule has 0 aliphatic heterocycles. The van der Waals surface area contributed by atoms with E-state index in [0.29, 0.717) is 12.1 Å². The van der Waals surface area contributed by atoms with Gasteiger partial charge in [0, 0.05) is 16.5 Å². The summed E-state index contributed by atoms with van der Waals surface area (Å²) in [6, 6.07) is 1.42. The van der Waals surface area contributed by atoms with Crippen LogP contribution in [0, 0.1) is 0 Å². The number of alkyl halides is 3. The highest BCUT2D eigenvalue weighted by molar-refractivity contribution is 6.63. The molecule has 0 heterocycles. The van der Waals surface area contributed by atoms with Crippen LogP contribution in [0.4, 0.5) is 13.2 Å². The van der Waals surface area contributed by atoms with Gasteiger partial charge in [-0.25, -0.2) is 0 Å². The van der Waals surface area contributed by atoms with Crippen LogP contribution in [0.3, 0.4) is 0 Å². The molecule has 7 heteroatoms. The van der Waals surface area contributed by atoms with Gasteiger partial charge in [0.25, 0.3) is 0 Å². The first-order chi connectivity index (χ1) is 7.21. The zero-order valence-electron chi connectivity index (χ0n) is 7.54. The van der Waals surface area contributed by atoms with E-state index in [2.05, 4.69) is 0 Å². The van der Waals surface area contributed by atoms with Gasteiger partial charge in [0.15, 0.2) is 0 Å². The minimum Gasteiger partial charge on any atom is -0.281 e. The Morgan fingerprint density at radius 1 is 1.19 bits per heavy atom. The number of carbonyl (C=O) groups excluding carboxylic acids is 1. The van der Waals surface area contributed by atoms with Crippen molar-refractivity contribution in [2.24, 2.45) is 0 Å². The Labute approximate surface area is 104 Å². The fourth-order valence-corrected chi connectivity index (χ4v) is 1.83. The Kier molecular flexibility index (Phi) is 4.10. The summed E-state index contributed by atoms with van der Waals surface area (Å²) in [7, 11) is 0. The Balaban J connectivity index is 3.23. The predicted octanol–water partition coefficient (Wildman–Crippen LogP) is 4.32. The monoisotopic (exact) mass is 290 g/mol. The van der Waals surface area contributed by atoms with Gasteiger partial charge < -0.3 is 0 Å². The largest absolute Gasteiger partial charge is 0.416 e. The van der Waals surface area contributed by atoms with E-state index < -0.39 is 17.0 Å². The molecule has 0 atom stereocenters. The first-order valence-corrected chi connectivity index (χ1v) is 5.08. The second-order valence-corrected chi connectivity index (χ2v) is 4.18. The van der Waals surface area contributed by atoms with Crippen molar-refractivity contribution < 1.29 is 18.0 Å². The maximum absolute atomic E-state index is 12.3. The zero-order chi connectivity index (χ0) is 12.5. The Hall–Kier alpha value is -0.450. The van der Waals surface area contributed by atoms with Gasteiger partial charge in [0.2, 0.25) is 5.24 Å². The van der Waals surface area contributed by atoms with Gasteiger partial charge in [0.1, 0.15) is 0 Å². The summed E-state index contributed by atoms with van der Waals surface area (Å²) in [5.41, 5.74) is -0.871. The lowest BCUT2D eigenvalue weighted by Crippen LogP contribution is -2.06. The molecule has 0 saturated heterocycles. The Morgan fingerprint density at radius 2 is 1.62 bits per heavy atom.